The van der Waals surface area contributed by atoms with Crippen molar-refractivity contribution < 1.29 is 9.59 Å². The Balaban J connectivity index is 1.47. The van der Waals surface area contributed by atoms with Crippen LogP contribution in [0.2, 0.25) is 0 Å². The molecule has 11 nitrogen and oxygen atoms in total. The van der Waals surface area contributed by atoms with Crippen molar-refractivity contribution in [1.29, 1.82) is 0 Å². The second kappa shape index (κ2) is 6.38. The van der Waals surface area contributed by atoms with Gasteiger partial charge in [-0.1, -0.05) is 0 Å². The van der Waals surface area contributed by atoms with E-state index in [0.717, 1.165) is 17.2 Å². The summed E-state index contributed by atoms with van der Waals surface area (Å²) in [4.78, 5) is 33.5. The average Bonchev–Trinajstić information content (AvgIpc) is 3.40. The standard InChI is InChI=1S/C17H13N9O2S/c1-8-5-13(19-15(27)9-3-4-11-12(6-9)24-29-23-11)26(22-8)17-20-14-10(16(28)21-17)7-18-25(14)2/h3-7,10H,1-2H3,(H,19,27). The minimum atomic E-state index is -0.586. The van der Waals surface area contributed by atoms with Crippen LogP contribution in [0.5, 0.6) is 0 Å². The van der Waals surface area contributed by atoms with Gasteiger partial charge in [-0.2, -0.15) is 33.6 Å². The van der Waals surface area contributed by atoms with Gasteiger partial charge in [0.05, 0.1) is 17.4 Å². The van der Waals surface area contributed by atoms with Crippen LogP contribution in [0, 0.1) is 12.8 Å². The van der Waals surface area contributed by atoms with E-state index in [1.54, 1.807) is 38.2 Å². The Hall–Kier alpha value is -3.80. The molecular weight excluding hydrogens is 394 g/mol. The van der Waals surface area contributed by atoms with E-state index in [2.05, 4.69) is 34.2 Å². The smallest absolute Gasteiger partial charge is 0.265 e. The average molecular weight is 407 g/mol. The second-order valence-electron chi connectivity index (χ2n) is 6.49. The molecule has 2 aliphatic rings. The number of aromatic nitrogens is 4. The number of fused-ring (bicyclic) bond motifs is 2. The third-order valence-electron chi connectivity index (χ3n) is 4.47. The number of benzene rings is 1. The minimum Gasteiger partial charge on any atom is -0.306 e. The Morgan fingerprint density at radius 2 is 2.00 bits per heavy atom. The maximum absolute atomic E-state index is 12.8. The van der Waals surface area contributed by atoms with Gasteiger partial charge in [-0.15, -0.1) is 0 Å². The summed E-state index contributed by atoms with van der Waals surface area (Å²) in [6, 6.07) is 6.75. The van der Waals surface area contributed by atoms with E-state index in [4.69, 9.17) is 0 Å². The first-order valence-corrected chi connectivity index (χ1v) is 9.32. The van der Waals surface area contributed by atoms with Crippen molar-refractivity contribution in [2.75, 3.05) is 12.4 Å². The molecule has 4 heterocycles. The van der Waals surface area contributed by atoms with Gasteiger partial charge in [0.15, 0.2) is 0 Å². The minimum absolute atomic E-state index is 0.0705. The number of aryl methyl sites for hydroxylation is 1. The van der Waals surface area contributed by atoms with Gasteiger partial charge in [-0.05, 0) is 25.1 Å². The largest absolute Gasteiger partial charge is 0.306 e. The number of hydrogen-bond acceptors (Lipinski definition) is 9. The van der Waals surface area contributed by atoms with E-state index in [1.165, 1.54) is 15.9 Å². The Labute approximate surface area is 167 Å². The number of anilines is 1. The molecule has 3 aromatic rings. The van der Waals surface area contributed by atoms with Crippen LogP contribution in [0.1, 0.15) is 16.1 Å². The molecule has 0 radical (unpaired) electrons. The molecule has 1 N–H and O–H groups in total. The lowest BCUT2D eigenvalue weighted by molar-refractivity contribution is -0.118. The zero-order valence-corrected chi connectivity index (χ0v) is 16.1. The predicted molar refractivity (Wildman–Crippen MR) is 107 cm³/mol. The Morgan fingerprint density at radius 1 is 1.17 bits per heavy atom. The molecule has 0 bridgehead atoms. The van der Waals surface area contributed by atoms with Crippen LogP contribution >= 0.6 is 11.7 Å². The van der Waals surface area contributed by atoms with Gasteiger partial charge in [0.25, 0.3) is 17.8 Å². The van der Waals surface area contributed by atoms with Crippen molar-refractivity contribution in [2.45, 2.75) is 6.92 Å². The number of carbonyl (C=O) groups is 2. The van der Waals surface area contributed by atoms with Crippen LogP contribution in [0.4, 0.5) is 5.82 Å². The number of carbonyl (C=O) groups excluding carboxylic acids is 2. The lowest BCUT2D eigenvalue weighted by atomic mass is 10.1. The molecule has 0 saturated carbocycles. The molecule has 0 aliphatic carbocycles. The van der Waals surface area contributed by atoms with Crippen molar-refractivity contribution in [3.8, 4) is 0 Å². The third kappa shape index (κ3) is 2.89. The second-order valence-corrected chi connectivity index (χ2v) is 7.02. The summed E-state index contributed by atoms with van der Waals surface area (Å²) in [6.07, 6.45) is 1.50. The lowest BCUT2D eigenvalue weighted by Gasteiger charge is -2.17. The quantitative estimate of drug-likeness (QED) is 0.678. The molecule has 1 atom stereocenters. The molecule has 12 heteroatoms. The summed E-state index contributed by atoms with van der Waals surface area (Å²) in [6.45, 7) is 1.77. The highest BCUT2D eigenvalue weighted by molar-refractivity contribution is 7.00. The van der Waals surface area contributed by atoms with E-state index in [1.807, 2.05) is 0 Å². The summed E-state index contributed by atoms with van der Waals surface area (Å²) in [5.74, 6) is -0.439. The van der Waals surface area contributed by atoms with Crippen molar-refractivity contribution in [3.63, 3.8) is 0 Å². The lowest BCUT2D eigenvalue weighted by Crippen LogP contribution is -2.35. The number of nitrogens with zero attached hydrogens (tertiary/aromatic N) is 8. The monoisotopic (exact) mass is 407 g/mol. The van der Waals surface area contributed by atoms with Gasteiger partial charge in [0.2, 0.25) is 0 Å². The number of amidine groups is 1. The molecule has 2 aliphatic heterocycles. The zero-order valence-electron chi connectivity index (χ0n) is 15.3. The molecule has 0 spiro atoms. The molecule has 0 fully saturated rings. The first kappa shape index (κ1) is 17.3. The maximum atomic E-state index is 12.8. The molecule has 1 aromatic carbocycles. The summed E-state index contributed by atoms with van der Waals surface area (Å²) >= 11 is 1.09. The Morgan fingerprint density at radius 3 is 2.86 bits per heavy atom. The van der Waals surface area contributed by atoms with Crippen LogP contribution < -0.4 is 5.32 Å². The van der Waals surface area contributed by atoms with Crippen LogP contribution in [0.15, 0.2) is 39.4 Å². The SMILES string of the molecule is Cc1cc(NC(=O)c2ccc3nsnc3c2)n(C2=NC(=O)C3C=NN(C)C3=N2)n1. The van der Waals surface area contributed by atoms with E-state index in [0.29, 0.717) is 28.4 Å². The summed E-state index contributed by atoms with van der Waals surface area (Å²) in [5.41, 5.74) is 2.44. The molecule has 2 aromatic heterocycles. The van der Waals surface area contributed by atoms with Crippen LogP contribution in [0.3, 0.4) is 0 Å². The fourth-order valence-electron chi connectivity index (χ4n) is 3.05. The summed E-state index contributed by atoms with van der Waals surface area (Å²) in [5, 5.41) is 12.7. The highest BCUT2D eigenvalue weighted by Crippen LogP contribution is 2.20. The van der Waals surface area contributed by atoms with E-state index < -0.39 is 5.92 Å². The van der Waals surface area contributed by atoms with Gasteiger partial charge in [0, 0.05) is 24.9 Å². The van der Waals surface area contributed by atoms with Crippen molar-refractivity contribution in [1.82, 2.24) is 23.5 Å². The number of hydrogen-bond donors (Lipinski definition) is 1. The summed E-state index contributed by atoms with van der Waals surface area (Å²) < 4.78 is 9.62. The molecule has 2 amide bonds. The van der Waals surface area contributed by atoms with E-state index in [-0.39, 0.29) is 17.8 Å². The Kier molecular flexibility index (Phi) is 3.81. The van der Waals surface area contributed by atoms with Crippen LogP contribution in [-0.2, 0) is 4.79 Å². The molecule has 0 saturated heterocycles. The number of aliphatic imine (C=N–C) groups is 2. The van der Waals surface area contributed by atoms with Crippen molar-refractivity contribution >= 4 is 58.4 Å². The van der Waals surface area contributed by atoms with Crippen molar-refractivity contribution in [3.05, 3.63) is 35.5 Å². The zero-order chi connectivity index (χ0) is 20.1. The number of hydrazone groups is 1. The predicted octanol–water partition coefficient (Wildman–Crippen LogP) is 1.14. The van der Waals surface area contributed by atoms with Gasteiger partial charge >= 0.3 is 0 Å². The fraction of sp³-hybridized carbons (Fsp3) is 0.176. The van der Waals surface area contributed by atoms with Crippen LogP contribution in [0.25, 0.3) is 11.0 Å². The number of amides is 2. The normalized spacial score (nSPS) is 18.1. The fourth-order valence-corrected chi connectivity index (χ4v) is 3.57. The van der Waals surface area contributed by atoms with E-state index >= 15 is 0 Å². The first-order valence-electron chi connectivity index (χ1n) is 8.59. The molecule has 29 heavy (non-hydrogen) atoms. The molecule has 5 rings (SSSR count). The molecule has 1 unspecified atom stereocenters. The number of nitrogens with one attached hydrogen (secondary N) is 1. The first-order chi connectivity index (χ1) is 14.0. The van der Waals surface area contributed by atoms with Gasteiger partial charge < -0.3 is 5.32 Å². The van der Waals surface area contributed by atoms with E-state index in [9.17, 15) is 9.59 Å². The summed E-state index contributed by atoms with van der Waals surface area (Å²) in [7, 11) is 1.70. The van der Waals surface area contributed by atoms with Gasteiger partial charge in [0.1, 0.15) is 28.6 Å². The Bertz CT molecular complexity index is 1270. The third-order valence-corrected chi connectivity index (χ3v) is 5.02. The topological polar surface area (TPSA) is 130 Å². The van der Waals surface area contributed by atoms with Gasteiger partial charge in [-0.25, -0.2) is 0 Å². The molecular formula is C17H13N9O2S. The maximum Gasteiger partial charge on any atom is 0.265 e. The highest BCUT2D eigenvalue weighted by atomic mass is 32.1. The van der Waals surface area contributed by atoms with Crippen LogP contribution in [-0.4, -0.2) is 60.4 Å². The highest BCUT2D eigenvalue weighted by Gasteiger charge is 2.35. The molecule has 144 valence electrons. The van der Waals surface area contributed by atoms with Crippen molar-refractivity contribution in [2.24, 2.45) is 21.0 Å². The number of rotatable bonds is 2. The van der Waals surface area contributed by atoms with Gasteiger partial charge in [-0.3, -0.25) is 14.6 Å².